The van der Waals surface area contributed by atoms with Crippen LogP contribution < -0.4 is 11.3 Å². The van der Waals surface area contributed by atoms with Crippen LogP contribution in [0.5, 0.6) is 0 Å². The molecular weight excluding hydrogens is 354 g/mol. The number of benzene rings is 1. The zero-order valence-electron chi connectivity index (χ0n) is 10.2. The van der Waals surface area contributed by atoms with Crippen molar-refractivity contribution in [1.82, 2.24) is 5.43 Å². The minimum absolute atomic E-state index is 0.0912. The van der Waals surface area contributed by atoms with Crippen LogP contribution in [-0.2, 0) is 6.42 Å². The lowest BCUT2D eigenvalue weighted by Gasteiger charge is -2.29. The molecular formula is C12H15BrF2N2S2. The lowest BCUT2D eigenvalue weighted by Crippen LogP contribution is -2.46. The van der Waals surface area contributed by atoms with Gasteiger partial charge in [-0.1, -0.05) is 0 Å². The third-order valence-corrected chi connectivity index (χ3v) is 6.60. The fraction of sp³-hybridized carbons (Fsp3) is 0.500. The molecule has 1 heterocycles. The summed E-state index contributed by atoms with van der Waals surface area (Å²) in [5.41, 5.74) is 2.80. The number of nitrogens with two attached hydrogens (primary N) is 1. The van der Waals surface area contributed by atoms with Gasteiger partial charge in [0.2, 0.25) is 0 Å². The van der Waals surface area contributed by atoms with Gasteiger partial charge in [-0.05, 0) is 34.5 Å². The molecule has 19 heavy (non-hydrogen) atoms. The molecule has 0 amide bonds. The van der Waals surface area contributed by atoms with Crippen LogP contribution in [0.3, 0.4) is 0 Å². The van der Waals surface area contributed by atoms with Gasteiger partial charge in [0, 0.05) is 34.1 Å². The van der Waals surface area contributed by atoms with Crippen LogP contribution in [0, 0.1) is 11.6 Å². The predicted octanol–water partition coefficient (Wildman–Crippen LogP) is 2.95. The van der Waals surface area contributed by atoms with Crippen molar-refractivity contribution in [2.45, 2.75) is 17.7 Å². The molecule has 0 saturated carbocycles. The Balaban J connectivity index is 2.15. The Morgan fingerprint density at radius 1 is 1.42 bits per heavy atom. The molecule has 2 unspecified atom stereocenters. The maximum atomic E-state index is 14.0. The molecule has 1 aromatic rings. The van der Waals surface area contributed by atoms with Crippen LogP contribution in [0.25, 0.3) is 0 Å². The number of nitrogens with one attached hydrogen (secondary N) is 1. The molecule has 0 spiro atoms. The molecule has 3 N–H and O–H groups in total. The van der Waals surface area contributed by atoms with E-state index in [0.717, 1.165) is 17.3 Å². The second-order valence-corrected chi connectivity index (χ2v) is 7.63. The van der Waals surface area contributed by atoms with E-state index in [9.17, 15) is 8.78 Å². The SMILES string of the molecule is NNC(Cc1c(F)ccc(Br)c1F)C1CSCCS1. The van der Waals surface area contributed by atoms with Gasteiger partial charge in [-0.25, -0.2) is 8.78 Å². The molecule has 0 radical (unpaired) electrons. The minimum atomic E-state index is -0.534. The van der Waals surface area contributed by atoms with E-state index in [-0.39, 0.29) is 27.7 Å². The first-order valence-electron chi connectivity index (χ1n) is 5.91. The van der Waals surface area contributed by atoms with Crippen molar-refractivity contribution in [2.75, 3.05) is 17.3 Å². The number of hydrogen-bond donors (Lipinski definition) is 2. The van der Waals surface area contributed by atoms with Crippen molar-refractivity contribution >= 4 is 39.5 Å². The largest absolute Gasteiger partial charge is 0.271 e. The summed E-state index contributed by atoms with van der Waals surface area (Å²) in [5, 5.41) is 0.279. The molecule has 0 bridgehead atoms. The Morgan fingerprint density at radius 2 is 2.21 bits per heavy atom. The molecule has 1 aliphatic rings. The van der Waals surface area contributed by atoms with Crippen LogP contribution in [0.4, 0.5) is 8.78 Å². The molecule has 0 aromatic heterocycles. The number of hydrazine groups is 1. The number of hydrogen-bond acceptors (Lipinski definition) is 4. The van der Waals surface area contributed by atoms with Crippen LogP contribution >= 0.6 is 39.5 Å². The fourth-order valence-electron chi connectivity index (χ4n) is 2.01. The van der Waals surface area contributed by atoms with E-state index >= 15 is 0 Å². The van der Waals surface area contributed by atoms with Gasteiger partial charge in [-0.3, -0.25) is 11.3 Å². The average molecular weight is 369 g/mol. The Morgan fingerprint density at radius 3 is 2.84 bits per heavy atom. The molecule has 1 aromatic carbocycles. The topological polar surface area (TPSA) is 38.0 Å². The molecule has 2 rings (SSSR count). The first-order chi connectivity index (χ1) is 9.13. The van der Waals surface area contributed by atoms with E-state index in [1.165, 1.54) is 12.1 Å². The Labute approximate surface area is 128 Å². The summed E-state index contributed by atoms with van der Waals surface area (Å²) in [6, 6.07) is 2.53. The van der Waals surface area contributed by atoms with E-state index in [1.54, 1.807) is 0 Å². The lowest BCUT2D eigenvalue weighted by molar-refractivity contribution is 0.484. The number of halogens is 3. The van der Waals surface area contributed by atoms with Crippen molar-refractivity contribution in [1.29, 1.82) is 0 Å². The predicted molar refractivity (Wildman–Crippen MR) is 82.4 cm³/mol. The van der Waals surface area contributed by atoms with E-state index in [0.29, 0.717) is 0 Å². The smallest absolute Gasteiger partial charge is 0.143 e. The Kier molecular flexibility index (Phi) is 5.95. The number of rotatable bonds is 4. The Hall–Kier alpha value is 0.180. The molecule has 1 saturated heterocycles. The third-order valence-electron chi connectivity index (χ3n) is 3.07. The second kappa shape index (κ2) is 7.26. The molecule has 2 atom stereocenters. The highest BCUT2D eigenvalue weighted by Gasteiger charge is 2.26. The highest BCUT2D eigenvalue weighted by Crippen LogP contribution is 2.29. The zero-order chi connectivity index (χ0) is 13.8. The third kappa shape index (κ3) is 3.85. The molecule has 0 aliphatic carbocycles. The minimum Gasteiger partial charge on any atom is -0.271 e. The van der Waals surface area contributed by atoms with E-state index < -0.39 is 11.6 Å². The van der Waals surface area contributed by atoms with Gasteiger partial charge in [-0.15, -0.1) is 0 Å². The van der Waals surface area contributed by atoms with Crippen molar-refractivity contribution < 1.29 is 8.78 Å². The van der Waals surface area contributed by atoms with Crippen molar-refractivity contribution in [3.63, 3.8) is 0 Å². The lowest BCUT2D eigenvalue weighted by atomic mass is 10.0. The first-order valence-corrected chi connectivity index (χ1v) is 8.91. The van der Waals surface area contributed by atoms with E-state index in [4.69, 9.17) is 5.84 Å². The van der Waals surface area contributed by atoms with Crippen LogP contribution in [0.2, 0.25) is 0 Å². The monoisotopic (exact) mass is 368 g/mol. The van der Waals surface area contributed by atoms with Gasteiger partial charge in [-0.2, -0.15) is 23.5 Å². The summed E-state index contributed by atoms with van der Waals surface area (Å²) in [7, 11) is 0. The molecule has 1 fully saturated rings. The fourth-order valence-corrected chi connectivity index (χ4v) is 5.25. The maximum absolute atomic E-state index is 14.0. The van der Waals surface area contributed by atoms with E-state index in [1.807, 2.05) is 23.5 Å². The molecule has 106 valence electrons. The van der Waals surface area contributed by atoms with Crippen LogP contribution in [-0.4, -0.2) is 28.6 Å². The van der Waals surface area contributed by atoms with Gasteiger partial charge in [0.05, 0.1) is 4.47 Å². The molecule has 1 aliphatic heterocycles. The molecule has 2 nitrogen and oxygen atoms in total. The standard InChI is InChI=1S/C12H15BrF2N2S2/c13-8-1-2-9(14)7(12(8)15)5-10(17-16)11-6-18-3-4-19-11/h1-2,10-11,17H,3-6,16H2. The van der Waals surface area contributed by atoms with Gasteiger partial charge in [0.1, 0.15) is 11.6 Å². The number of thioether (sulfide) groups is 2. The summed E-state index contributed by atoms with van der Waals surface area (Å²) in [6.07, 6.45) is 0.256. The van der Waals surface area contributed by atoms with Gasteiger partial charge >= 0.3 is 0 Å². The van der Waals surface area contributed by atoms with Crippen LogP contribution in [0.15, 0.2) is 16.6 Å². The summed E-state index contributed by atoms with van der Waals surface area (Å²) in [4.78, 5) is 0. The van der Waals surface area contributed by atoms with Crippen molar-refractivity contribution in [2.24, 2.45) is 5.84 Å². The maximum Gasteiger partial charge on any atom is 0.143 e. The van der Waals surface area contributed by atoms with E-state index in [2.05, 4.69) is 21.4 Å². The quantitative estimate of drug-likeness (QED) is 0.486. The van der Waals surface area contributed by atoms with Gasteiger partial charge in [0.25, 0.3) is 0 Å². The van der Waals surface area contributed by atoms with Crippen molar-refractivity contribution in [3.05, 3.63) is 33.8 Å². The summed E-state index contributed by atoms with van der Waals surface area (Å²) in [6.45, 7) is 0. The van der Waals surface area contributed by atoms with Gasteiger partial charge in [0.15, 0.2) is 0 Å². The van der Waals surface area contributed by atoms with Crippen molar-refractivity contribution in [3.8, 4) is 0 Å². The highest BCUT2D eigenvalue weighted by molar-refractivity contribution is 9.10. The first kappa shape index (κ1) is 15.6. The summed E-state index contributed by atoms with van der Waals surface area (Å²) >= 11 is 6.75. The second-order valence-electron chi connectivity index (χ2n) is 4.28. The molecule has 7 heteroatoms. The Bertz CT molecular complexity index is 442. The van der Waals surface area contributed by atoms with Gasteiger partial charge < -0.3 is 0 Å². The van der Waals surface area contributed by atoms with Crippen LogP contribution in [0.1, 0.15) is 5.56 Å². The highest BCUT2D eigenvalue weighted by atomic mass is 79.9. The summed E-state index contributed by atoms with van der Waals surface area (Å²) in [5.74, 6) is 7.64. The zero-order valence-corrected chi connectivity index (χ0v) is 13.4. The average Bonchev–Trinajstić information content (AvgIpc) is 2.44. The normalized spacial score (nSPS) is 21.4. The summed E-state index contributed by atoms with van der Waals surface area (Å²) < 4.78 is 28.0.